The van der Waals surface area contributed by atoms with Gasteiger partial charge in [-0.2, -0.15) is 0 Å². The minimum atomic E-state index is -0.0294. The second-order valence-corrected chi connectivity index (χ2v) is 7.86. The van der Waals surface area contributed by atoms with Gasteiger partial charge in [0.15, 0.2) is 0 Å². The summed E-state index contributed by atoms with van der Waals surface area (Å²) < 4.78 is 5.62. The fraction of sp³-hybridized carbons (Fsp3) is 0.571. The summed E-state index contributed by atoms with van der Waals surface area (Å²) in [5.74, 6) is 0.885. The zero-order chi connectivity index (χ0) is 17.3. The molecular formula is C21H31NO. The lowest BCUT2D eigenvalue weighted by atomic mass is 9.76. The van der Waals surface area contributed by atoms with Crippen LogP contribution in [-0.4, -0.2) is 12.1 Å². The molecule has 126 valence electrons. The van der Waals surface area contributed by atoms with Crippen molar-refractivity contribution in [3.8, 4) is 5.75 Å². The Morgan fingerprint density at radius 2 is 1.74 bits per heavy atom. The monoisotopic (exact) mass is 313 g/mol. The van der Waals surface area contributed by atoms with E-state index in [-0.39, 0.29) is 10.8 Å². The van der Waals surface area contributed by atoms with Gasteiger partial charge in [0.1, 0.15) is 5.75 Å². The van der Waals surface area contributed by atoms with Crippen LogP contribution in [0.2, 0.25) is 0 Å². The minimum Gasteiger partial charge on any atom is -0.495 e. The summed E-state index contributed by atoms with van der Waals surface area (Å²) in [6.45, 7) is 13.4. The highest BCUT2D eigenvalue weighted by Crippen LogP contribution is 2.36. The first-order valence-corrected chi connectivity index (χ1v) is 8.75. The summed E-state index contributed by atoms with van der Waals surface area (Å²) in [7, 11) is 1.73. The van der Waals surface area contributed by atoms with Gasteiger partial charge in [0, 0.05) is 10.8 Å². The molecule has 2 rings (SSSR count). The van der Waals surface area contributed by atoms with Gasteiger partial charge in [-0.3, -0.25) is 0 Å². The van der Waals surface area contributed by atoms with E-state index in [4.69, 9.17) is 9.72 Å². The second-order valence-electron chi connectivity index (χ2n) is 7.86. The summed E-state index contributed by atoms with van der Waals surface area (Å²) in [5, 5.41) is 1.17. The fourth-order valence-electron chi connectivity index (χ4n) is 3.30. The third-order valence-electron chi connectivity index (χ3n) is 4.99. The Bertz CT molecular complexity index is 684. The van der Waals surface area contributed by atoms with E-state index >= 15 is 0 Å². The second kappa shape index (κ2) is 6.51. The fourth-order valence-corrected chi connectivity index (χ4v) is 3.30. The van der Waals surface area contributed by atoms with Crippen LogP contribution in [0.4, 0.5) is 0 Å². The van der Waals surface area contributed by atoms with Gasteiger partial charge in [0.25, 0.3) is 0 Å². The van der Waals surface area contributed by atoms with Crippen LogP contribution in [-0.2, 0) is 10.8 Å². The number of nitrogens with zero attached hydrogens (tertiary/aromatic N) is 1. The number of hydrogen-bond acceptors (Lipinski definition) is 2. The van der Waals surface area contributed by atoms with Crippen LogP contribution in [0.15, 0.2) is 24.3 Å². The van der Waals surface area contributed by atoms with Gasteiger partial charge in [-0.25, -0.2) is 4.98 Å². The third-order valence-corrected chi connectivity index (χ3v) is 4.99. The molecule has 1 aromatic carbocycles. The van der Waals surface area contributed by atoms with Crippen LogP contribution in [0.5, 0.6) is 5.75 Å². The van der Waals surface area contributed by atoms with Gasteiger partial charge < -0.3 is 4.74 Å². The van der Waals surface area contributed by atoms with Gasteiger partial charge in [0.2, 0.25) is 0 Å². The molecule has 2 heteroatoms. The number of fused-ring (bicyclic) bond motifs is 1. The molecule has 0 N–H and O–H groups in total. The van der Waals surface area contributed by atoms with Crippen LogP contribution in [0.25, 0.3) is 10.9 Å². The normalized spacial score (nSPS) is 14.7. The van der Waals surface area contributed by atoms with Crippen LogP contribution >= 0.6 is 0 Å². The van der Waals surface area contributed by atoms with Crippen molar-refractivity contribution in [1.82, 2.24) is 4.98 Å². The molecule has 1 atom stereocenters. The average molecular weight is 313 g/mol. The standard InChI is InChI=1S/C21H31NO/c1-8-12-21(6,9-2)16-10-11-17-15(13-16)14-18(23-7)19(22-17)20(3,4)5/h10-11,13-14H,8-9,12H2,1-7H3. The first kappa shape index (κ1) is 17.8. The van der Waals surface area contributed by atoms with Gasteiger partial charge in [-0.15, -0.1) is 0 Å². The van der Waals surface area contributed by atoms with Gasteiger partial charge in [-0.1, -0.05) is 54.0 Å². The molecule has 0 aliphatic rings. The Balaban J connectivity index is 2.61. The maximum absolute atomic E-state index is 5.62. The summed E-state index contributed by atoms with van der Waals surface area (Å²) in [5.41, 5.74) is 3.68. The average Bonchev–Trinajstić information content (AvgIpc) is 2.52. The summed E-state index contributed by atoms with van der Waals surface area (Å²) in [6, 6.07) is 8.88. The number of hydrogen-bond donors (Lipinski definition) is 0. The molecule has 0 radical (unpaired) electrons. The third kappa shape index (κ3) is 3.52. The van der Waals surface area contributed by atoms with Crippen LogP contribution < -0.4 is 4.74 Å². The van der Waals surface area contributed by atoms with Crippen molar-refractivity contribution in [2.75, 3.05) is 7.11 Å². The lowest BCUT2D eigenvalue weighted by molar-refractivity contribution is 0.393. The molecular weight excluding hydrogens is 282 g/mol. The van der Waals surface area contributed by atoms with E-state index in [0.29, 0.717) is 0 Å². The molecule has 1 heterocycles. The van der Waals surface area contributed by atoms with E-state index in [2.05, 4.69) is 65.8 Å². The van der Waals surface area contributed by atoms with Crippen molar-refractivity contribution < 1.29 is 4.74 Å². The van der Waals surface area contributed by atoms with Gasteiger partial charge >= 0.3 is 0 Å². The molecule has 0 amide bonds. The molecule has 1 unspecified atom stereocenters. The Morgan fingerprint density at radius 1 is 1.04 bits per heavy atom. The predicted octanol–water partition coefficient (Wildman–Crippen LogP) is 6.01. The molecule has 0 aliphatic carbocycles. The minimum absolute atomic E-state index is 0.0294. The van der Waals surface area contributed by atoms with Crippen molar-refractivity contribution in [2.24, 2.45) is 0 Å². The quantitative estimate of drug-likeness (QED) is 0.674. The van der Waals surface area contributed by atoms with Gasteiger partial charge in [0.05, 0.1) is 18.3 Å². The smallest absolute Gasteiger partial charge is 0.141 e. The van der Waals surface area contributed by atoms with Gasteiger partial charge in [-0.05, 0) is 42.0 Å². The largest absolute Gasteiger partial charge is 0.495 e. The highest BCUT2D eigenvalue weighted by atomic mass is 16.5. The van der Waals surface area contributed by atoms with E-state index in [1.54, 1.807) is 7.11 Å². The number of methoxy groups -OCH3 is 1. The number of rotatable bonds is 5. The first-order valence-electron chi connectivity index (χ1n) is 8.75. The zero-order valence-electron chi connectivity index (χ0n) is 15.8. The lowest BCUT2D eigenvalue weighted by Crippen LogP contribution is -2.20. The first-order chi connectivity index (χ1) is 10.7. The molecule has 0 saturated carbocycles. The number of pyridine rings is 1. The lowest BCUT2D eigenvalue weighted by Gasteiger charge is -2.29. The highest BCUT2D eigenvalue weighted by Gasteiger charge is 2.25. The van der Waals surface area contributed by atoms with E-state index in [9.17, 15) is 0 Å². The summed E-state index contributed by atoms with van der Waals surface area (Å²) in [6.07, 6.45) is 3.56. The van der Waals surface area contributed by atoms with Crippen molar-refractivity contribution in [1.29, 1.82) is 0 Å². The molecule has 2 nitrogen and oxygen atoms in total. The van der Waals surface area contributed by atoms with Crippen molar-refractivity contribution in [3.05, 3.63) is 35.5 Å². The van der Waals surface area contributed by atoms with Crippen LogP contribution in [0.3, 0.4) is 0 Å². The summed E-state index contributed by atoms with van der Waals surface area (Å²) >= 11 is 0. The Kier molecular flexibility index (Phi) is 5.03. The Morgan fingerprint density at radius 3 is 2.26 bits per heavy atom. The number of ether oxygens (including phenoxy) is 1. The zero-order valence-corrected chi connectivity index (χ0v) is 15.8. The van der Waals surface area contributed by atoms with Crippen LogP contribution in [0.1, 0.15) is 72.1 Å². The molecule has 0 saturated heterocycles. The van der Waals surface area contributed by atoms with E-state index < -0.39 is 0 Å². The molecule has 0 spiro atoms. The van der Waals surface area contributed by atoms with E-state index in [0.717, 1.165) is 23.4 Å². The van der Waals surface area contributed by atoms with Crippen molar-refractivity contribution >= 4 is 10.9 Å². The predicted molar refractivity (Wildman–Crippen MR) is 99.5 cm³/mol. The molecule has 2 aromatic rings. The Labute approximate surface area is 141 Å². The SMILES string of the molecule is CCCC(C)(CC)c1ccc2nc(C(C)(C)C)c(OC)cc2c1. The summed E-state index contributed by atoms with van der Waals surface area (Å²) in [4.78, 5) is 4.89. The molecule has 1 aromatic heterocycles. The molecule has 0 fully saturated rings. The molecule has 0 bridgehead atoms. The van der Waals surface area contributed by atoms with Crippen molar-refractivity contribution in [3.63, 3.8) is 0 Å². The maximum atomic E-state index is 5.62. The Hall–Kier alpha value is -1.57. The van der Waals surface area contributed by atoms with E-state index in [1.165, 1.54) is 23.8 Å². The molecule has 0 aliphatic heterocycles. The van der Waals surface area contributed by atoms with Crippen LogP contribution in [0, 0.1) is 0 Å². The highest BCUT2D eigenvalue weighted by molar-refractivity contribution is 5.81. The number of benzene rings is 1. The van der Waals surface area contributed by atoms with Crippen molar-refractivity contribution in [2.45, 2.75) is 71.6 Å². The topological polar surface area (TPSA) is 22.1 Å². The number of aromatic nitrogens is 1. The van der Waals surface area contributed by atoms with E-state index in [1.807, 2.05) is 0 Å². The maximum Gasteiger partial charge on any atom is 0.141 e. The molecule has 23 heavy (non-hydrogen) atoms.